The number of aromatic nitrogens is 4. The molecular weight excluding hydrogens is 438 g/mol. The molecule has 1 amide bonds. The average molecular weight is 462 g/mol. The Bertz CT molecular complexity index is 1450. The van der Waals surface area contributed by atoms with E-state index in [-0.39, 0.29) is 17.2 Å². The SMILES string of the molecule is Cc1c(C(=O)Nc2ccc(C(=O)c3nccn3C)cc2)sc2nc3n(c(=O)c12)CCCCC3. The maximum Gasteiger partial charge on any atom is 0.266 e. The summed E-state index contributed by atoms with van der Waals surface area (Å²) in [7, 11) is 1.76. The van der Waals surface area contributed by atoms with Crippen molar-refractivity contribution >= 4 is 38.9 Å². The minimum atomic E-state index is -0.293. The molecule has 1 aromatic carbocycles. The van der Waals surface area contributed by atoms with Crippen molar-refractivity contribution in [3.05, 3.63) is 74.7 Å². The number of nitrogens with one attached hydrogen (secondary N) is 1. The molecule has 0 radical (unpaired) electrons. The van der Waals surface area contributed by atoms with Gasteiger partial charge in [-0.05, 0) is 49.6 Å². The van der Waals surface area contributed by atoms with Gasteiger partial charge < -0.3 is 9.88 Å². The van der Waals surface area contributed by atoms with Gasteiger partial charge in [-0.25, -0.2) is 9.97 Å². The molecule has 5 rings (SSSR count). The molecule has 0 fully saturated rings. The van der Waals surface area contributed by atoms with Crippen LogP contribution < -0.4 is 10.9 Å². The lowest BCUT2D eigenvalue weighted by Crippen LogP contribution is -2.24. The third kappa shape index (κ3) is 3.78. The number of aryl methyl sites for hydroxylation is 3. The first-order valence-electron chi connectivity index (χ1n) is 10.9. The molecule has 8 nitrogen and oxygen atoms in total. The van der Waals surface area contributed by atoms with Crippen LogP contribution in [-0.4, -0.2) is 30.8 Å². The maximum atomic E-state index is 13.1. The van der Waals surface area contributed by atoms with Crippen molar-refractivity contribution in [2.45, 2.75) is 39.2 Å². The number of carbonyl (C=O) groups excluding carboxylic acids is 2. The molecule has 1 aliphatic rings. The molecule has 33 heavy (non-hydrogen) atoms. The van der Waals surface area contributed by atoms with Gasteiger partial charge in [-0.1, -0.05) is 6.42 Å². The number of fused-ring (bicyclic) bond motifs is 2. The molecular formula is C24H23N5O3S. The summed E-state index contributed by atoms with van der Waals surface area (Å²) in [6, 6.07) is 6.70. The summed E-state index contributed by atoms with van der Waals surface area (Å²) in [6.45, 7) is 2.48. The fraction of sp³-hybridized carbons (Fsp3) is 0.292. The van der Waals surface area contributed by atoms with Crippen LogP contribution >= 0.6 is 11.3 Å². The van der Waals surface area contributed by atoms with Crippen molar-refractivity contribution in [3.8, 4) is 0 Å². The van der Waals surface area contributed by atoms with Crippen molar-refractivity contribution in [3.63, 3.8) is 0 Å². The highest BCUT2D eigenvalue weighted by atomic mass is 32.1. The number of rotatable bonds is 4. The fourth-order valence-corrected chi connectivity index (χ4v) is 5.32. The molecule has 4 aromatic rings. The highest BCUT2D eigenvalue weighted by Gasteiger charge is 2.22. The van der Waals surface area contributed by atoms with Gasteiger partial charge in [-0.2, -0.15) is 0 Å². The van der Waals surface area contributed by atoms with Crippen LogP contribution in [0.1, 0.15) is 56.5 Å². The van der Waals surface area contributed by atoms with Crippen LogP contribution in [0.2, 0.25) is 0 Å². The van der Waals surface area contributed by atoms with E-state index in [1.54, 1.807) is 59.8 Å². The normalized spacial score (nSPS) is 13.5. The molecule has 0 atom stereocenters. The van der Waals surface area contributed by atoms with Gasteiger partial charge in [0.05, 0.1) is 10.3 Å². The van der Waals surface area contributed by atoms with E-state index in [0.29, 0.717) is 44.3 Å². The Balaban J connectivity index is 1.41. The topological polar surface area (TPSA) is 98.9 Å². The standard InChI is InChI=1S/C24H23N5O3S/c1-14-18-23(27-17-6-4-3-5-12-29(17)24(18)32)33-20(14)22(31)26-16-9-7-15(8-10-16)19(30)21-25-11-13-28(21)2/h7-11,13H,3-6,12H2,1-2H3,(H,26,31). The highest BCUT2D eigenvalue weighted by Crippen LogP contribution is 2.29. The quantitative estimate of drug-likeness (QED) is 0.467. The molecule has 0 unspecified atom stereocenters. The Morgan fingerprint density at radius 2 is 1.91 bits per heavy atom. The minimum Gasteiger partial charge on any atom is -0.331 e. The van der Waals surface area contributed by atoms with Crippen LogP contribution in [0.3, 0.4) is 0 Å². The number of ketones is 1. The van der Waals surface area contributed by atoms with Crippen LogP contribution in [0.4, 0.5) is 5.69 Å². The Kier molecular flexibility index (Phi) is 5.41. The number of hydrogen-bond donors (Lipinski definition) is 1. The van der Waals surface area contributed by atoms with Crippen molar-refractivity contribution in [2.24, 2.45) is 7.05 Å². The van der Waals surface area contributed by atoms with Gasteiger partial charge in [0.1, 0.15) is 10.7 Å². The van der Waals surface area contributed by atoms with Crippen molar-refractivity contribution in [2.75, 3.05) is 5.32 Å². The van der Waals surface area contributed by atoms with Crippen molar-refractivity contribution in [1.29, 1.82) is 0 Å². The molecule has 1 aliphatic heterocycles. The molecule has 0 bridgehead atoms. The van der Waals surface area contributed by atoms with E-state index in [1.165, 1.54) is 11.3 Å². The van der Waals surface area contributed by atoms with E-state index in [2.05, 4.69) is 10.3 Å². The van der Waals surface area contributed by atoms with E-state index < -0.39 is 0 Å². The molecule has 0 aliphatic carbocycles. The summed E-state index contributed by atoms with van der Waals surface area (Å²) in [6.07, 6.45) is 7.16. The summed E-state index contributed by atoms with van der Waals surface area (Å²) < 4.78 is 3.44. The molecule has 168 valence electrons. The second-order valence-corrected chi connectivity index (χ2v) is 9.25. The highest BCUT2D eigenvalue weighted by molar-refractivity contribution is 7.20. The third-order valence-corrected chi connectivity index (χ3v) is 7.23. The van der Waals surface area contributed by atoms with Gasteiger partial charge in [0.25, 0.3) is 11.5 Å². The van der Waals surface area contributed by atoms with E-state index in [9.17, 15) is 14.4 Å². The number of nitrogens with zero attached hydrogens (tertiary/aromatic N) is 4. The van der Waals surface area contributed by atoms with Crippen molar-refractivity contribution in [1.82, 2.24) is 19.1 Å². The summed E-state index contributed by atoms with van der Waals surface area (Å²) in [5.74, 6) is 0.682. The Morgan fingerprint density at radius 3 is 2.64 bits per heavy atom. The van der Waals surface area contributed by atoms with Gasteiger partial charge in [-0.15, -0.1) is 11.3 Å². The van der Waals surface area contributed by atoms with E-state index in [0.717, 1.165) is 31.5 Å². The molecule has 9 heteroatoms. The molecule has 1 N–H and O–H groups in total. The average Bonchev–Trinajstić information content (AvgIpc) is 3.28. The summed E-state index contributed by atoms with van der Waals surface area (Å²) >= 11 is 1.25. The number of hydrogen-bond acceptors (Lipinski definition) is 6. The fourth-order valence-electron chi connectivity index (χ4n) is 4.23. The molecule has 3 aromatic heterocycles. The summed E-state index contributed by atoms with van der Waals surface area (Å²) in [5.41, 5.74) is 1.65. The second-order valence-electron chi connectivity index (χ2n) is 8.25. The zero-order chi connectivity index (χ0) is 23.1. The number of imidazole rings is 1. The van der Waals surface area contributed by atoms with Crippen LogP contribution in [0.25, 0.3) is 10.2 Å². The first kappa shape index (κ1) is 21.3. The lowest BCUT2D eigenvalue weighted by Gasteiger charge is -2.08. The third-order valence-electron chi connectivity index (χ3n) is 6.05. The van der Waals surface area contributed by atoms with Crippen molar-refractivity contribution < 1.29 is 9.59 Å². The predicted octanol–water partition coefficient (Wildman–Crippen LogP) is 3.71. The van der Waals surface area contributed by atoms with Crippen LogP contribution in [0, 0.1) is 6.92 Å². The number of anilines is 1. The number of amides is 1. The lowest BCUT2D eigenvalue weighted by molar-refractivity contribution is 0.102. The first-order chi connectivity index (χ1) is 15.9. The zero-order valence-corrected chi connectivity index (χ0v) is 19.2. The maximum absolute atomic E-state index is 13.1. The number of benzene rings is 1. The van der Waals surface area contributed by atoms with Crippen LogP contribution in [0.5, 0.6) is 0 Å². The molecule has 0 spiro atoms. The molecule has 4 heterocycles. The van der Waals surface area contributed by atoms with Gasteiger partial charge in [0.15, 0.2) is 5.82 Å². The Hall–Kier alpha value is -3.59. The Morgan fingerprint density at radius 1 is 1.12 bits per heavy atom. The lowest BCUT2D eigenvalue weighted by atomic mass is 10.1. The predicted molar refractivity (Wildman–Crippen MR) is 127 cm³/mol. The smallest absolute Gasteiger partial charge is 0.266 e. The van der Waals surface area contributed by atoms with E-state index in [4.69, 9.17) is 4.98 Å². The minimum absolute atomic E-state index is 0.0538. The summed E-state index contributed by atoms with van der Waals surface area (Å²) in [5, 5.41) is 3.41. The van der Waals surface area contributed by atoms with E-state index in [1.807, 2.05) is 0 Å². The van der Waals surface area contributed by atoms with Gasteiger partial charge >= 0.3 is 0 Å². The monoisotopic (exact) mass is 461 g/mol. The van der Waals surface area contributed by atoms with Crippen LogP contribution in [0.15, 0.2) is 41.5 Å². The zero-order valence-electron chi connectivity index (χ0n) is 18.4. The van der Waals surface area contributed by atoms with E-state index >= 15 is 0 Å². The summed E-state index contributed by atoms with van der Waals surface area (Å²) in [4.78, 5) is 48.6. The van der Waals surface area contributed by atoms with Gasteiger partial charge in [0, 0.05) is 43.7 Å². The van der Waals surface area contributed by atoms with Crippen LogP contribution in [-0.2, 0) is 20.0 Å². The molecule has 0 saturated heterocycles. The largest absolute Gasteiger partial charge is 0.331 e. The second kappa shape index (κ2) is 8.40. The number of carbonyl (C=O) groups is 2. The molecule has 0 saturated carbocycles. The van der Waals surface area contributed by atoms with Gasteiger partial charge in [0.2, 0.25) is 5.78 Å². The first-order valence-corrected chi connectivity index (χ1v) is 11.7. The number of thiophene rings is 1. The Labute approximate surface area is 193 Å². The van der Waals surface area contributed by atoms with Gasteiger partial charge in [-0.3, -0.25) is 19.0 Å².